The lowest BCUT2D eigenvalue weighted by molar-refractivity contribution is 0.601. The van der Waals surface area contributed by atoms with Crippen molar-refractivity contribution in [3.8, 4) is 0 Å². The highest BCUT2D eigenvalue weighted by atomic mass is 127. The van der Waals surface area contributed by atoms with Crippen molar-refractivity contribution in [2.45, 2.75) is 4.90 Å². The van der Waals surface area contributed by atoms with Crippen LogP contribution in [0, 0.1) is 3.57 Å². The fraction of sp³-hybridized carbons (Fsp3) is 0. The average Bonchev–Trinajstić information content (AvgIpc) is 2.33. The molecule has 0 spiro atoms. The van der Waals surface area contributed by atoms with Gasteiger partial charge in [0.2, 0.25) is 0 Å². The number of hydrogen-bond donors (Lipinski definition) is 1. The van der Waals surface area contributed by atoms with Gasteiger partial charge >= 0.3 is 0 Å². The third kappa shape index (κ3) is 3.86. The molecule has 2 rings (SSSR count). The fourth-order valence-corrected chi connectivity index (χ4v) is 3.63. The molecule has 19 heavy (non-hydrogen) atoms. The molecule has 2 aromatic rings. The highest BCUT2D eigenvalue weighted by Crippen LogP contribution is 2.22. The zero-order chi connectivity index (χ0) is 14.0. The number of rotatable bonds is 3. The lowest BCUT2D eigenvalue weighted by atomic mass is 10.4. The molecule has 1 aromatic carbocycles. The highest BCUT2D eigenvalue weighted by molar-refractivity contribution is 14.1. The predicted octanol–water partition coefficient (Wildman–Crippen LogP) is 3.41. The Kier molecular flexibility index (Phi) is 4.79. The quantitative estimate of drug-likeness (QED) is 0.632. The van der Waals surface area contributed by atoms with Crippen molar-refractivity contribution < 1.29 is 8.42 Å². The number of nitrogens with one attached hydrogen (secondary N) is 1. The molecule has 0 amide bonds. The van der Waals surface area contributed by atoms with Gasteiger partial charge in [-0.2, -0.15) is 0 Å². The van der Waals surface area contributed by atoms with Crippen LogP contribution in [0.15, 0.2) is 44.6 Å². The molecule has 0 atom stereocenters. The summed E-state index contributed by atoms with van der Waals surface area (Å²) in [5.74, 6) is 0.141. The van der Waals surface area contributed by atoms with Gasteiger partial charge in [-0.15, -0.1) is 0 Å². The Balaban J connectivity index is 2.33. The first-order valence-electron chi connectivity index (χ1n) is 4.85. The zero-order valence-electron chi connectivity index (χ0n) is 9.14. The SMILES string of the molecule is O=S(=O)(Nc1ncc(Br)nc1Br)c1ccc(I)cc1. The first-order chi connectivity index (χ1) is 8.88. The third-order valence-electron chi connectivity index (χ3n) is 2.06. The van der Waals surface area contributed by atoms with Gasteiger partial charge in [0.25, 0.3) is 10.0 Å². The van der Waals surface area contributed by atoms with Crippen LogP contribution in [-0.2, 0) is 10.0 Å². The lowest BCUT2D eigenvalue weighted by Crippen LogP contribution is -2.14. The molecule has 0 saturated heterocycles. The summed E-state index contributed by atoms with van der Waals surface area (Å²) >= 11 is 8.41. The molecule has 1 N–H and O–H groups in total. The Morgan fingerprint density at radius 3 is 2.37 bits per heavy atom. The Hall–Kier alpha value is -0.260. The van der Waals surface area contributed by atoms with Crippen molar-refractivity contribution in [1.29, 1.82) is 0 Å². The van der Waals surface area contributed by atoms with E-state index in [2.05, 4.69) is 69.1 Å². The number of halogens is 3. The molecule has 9 heteroatoms. The Morgan fingerprint density at radius 2 is 1.79 bits per heavy atom. The van der Waals surface area contributed by atoms with E-state index in [9.17, 15) is 8.42 Å². The molecule has 5 nitrogen and oxygen atoms in total. The third-order valence-corrected chi connectivity index (χ3v) is 5.06. The number of hydrogen-bond acceptors (Lipinski definition) is 4. The predicted molar refractivity (Wildman–Crippen MR) is 87.4 cm³/mol. The van der Waals surface area contributed by atoms with Gasteiger partial charge < -0.3 is 0 Å². The highest BCUT2D eigenvalue weighted by Gasteiger charge is 2.16. The first-order valence-corrected chi connectivity index (χ1v) is 9.00. The smallest absolute Gasteiger partial charge is 0.261 e. The molecule has 0 aliphatic rings. The van der Waals surface area contributed by atoms with E-state index in [1.54, 1.807) is 12.1 Å². The van der Waals surface area contributed by atoms with Crippen LogP contribution in [0.2, 0.25) is 0 Å². The van der Waals surface area contributed by atoms with Gasteiger partial charge in [0.05, 0.1) is 11.1 Å². The number of benzene rings is 1. The Labute approximate surface area is 140 Å². The van der Waals surface area contributed by atoms with E-state index in [-0.39, 0.29) is 10.7 Å². The van der Waals surface area contributed by atoms with Crippen LogP contribution in [0.25, 0.3) is 0 Å². The molecule has 0 aliphatic heterocycles. The van der Waals surface area contributed by atoms with Crippen molar-refractivity contribution in [2.75, 3.05) is 4.72 Å². The topological polar surface area (TPSA) is 72.0 Å². The molecule has 0 saturated carbocycles. The molecule has 1 aromatic heterocycles. The summed E-state index contributed by atoms with van der Waals surface area (Å²) < 4.78 is 28.4. The van der Waals surface area contributed by atoms with E-state index in [1.165, 1.54) is 18.3 Å². The van der Waals surface area contributed by atoms with Gasteiger partial charge in [-0.05, 0) is 78.7 Å². The molecule has 0 fully saturated rings. The standard InChI is InChI=1S/C10H6Br2IN3O2S/c11-8-5-14-10(9(12)15-8)16-19(17,18)7-3-1-6(13)2-4-7/h1-5H,(H,14,16). The van der Waals surface area contributed by atoms with Crippen LogP contribution in [0.1, 0.15) is 0 Å². The van der Waals surface area contributed by atoms with Gasteiger partial charge in [-0.3, -0.25) is 4.72 Å². The maximum absolute atomic E-state index is 12.1. The van der Waals surface area contributed by atoms with Gasteiger partial charge in [0, 0.05) is 3.57 Å². The normalized spacial score (nSPS) is 11.3. The van der Waals surface area contributed by atoms with Gasteiger partial charge in [0.1, 0.15) is 4.60 Å². The summed E-state index contributed by atoms with van der Waals surface area (Å²) in [4.78, 5) is 8.14. The van der Waals surface area contributed by atoms with E-state index >= 15 is 0 Å². The first kappa shape index (κ1) is 15.1. The summed E-state index contributed by atoms with van der Waals surface area (Å²) in [6.07, 6.45) is 1.41. The van der Waals surface area contributed by atoms with Gasteiger partial charge in [0.15, 0.2) is 10.4 Å². The summed E-state index contributed by atoms with van der Waals surface area (Å²) in [6.45, 7) is 0. The van der Waals surface area contributed by atoms with Crippen molar-refractivity contribution in [1.82, 2.24) is 9.97 Å². The molecular formula is C10H6Br2IN3O2S. The van der Waals surface area contributed by atoms with Crippen LogP contribution < -0.4 is 4.72 Å². The lowest BCUT2D eigenvalue weighted by Gasteiger charge is -2.08. The molecule has 100 valence electrons. The van der Waals surface area contributed by atoms with E-state index < -0.39 is 10.0 Å². The maximum Gasteiger partial charge on any atom is 0.263 e. The van der Waals surface area contributed by atoms with E-state index in [0.29, 0.717) is 9.21 Å². The zero-order valence-corrected chi connectivity index (χ0v) is 15.3. The van der Waals surface area contributed by atoms with Crippen molar-refractivity contribution in [3.63, 3.8) is 0 Å². The largest absolute Gasteiger partial charge is 0.263 e. The second-order valence-corrected chi connectivity index (χ2v) is 7.88. The number of nitrogens with zero attached hydrogens (tertiary/aromatic N) is 2. The molecule has 0 aliphatic carbocycles. The van der Waals surface area contributed by atoms with Crippen LogP contribution in [0.3, 0.4) is 0 Å². The van der Waals surface area contributed by atoms with Crippen molar-refractivity contribution >= 4 is 70.3 Å². The number of anilines is 1. The summed E-state index contributed by atoms with van der Waals surface area (Å²) in [6, 6.07) is 6.50. The summed E-state index contributed by atoms with van der Waals surface area (Å²) in [7, 11) is -3.67. The molecule has 0 bridgehead atoms. The van der Waals surface area contributed by atoms with Crippen molar-refractivity contribution in [2.24, 2.45) is 0 Å². The minimum atomic E-state index is -3.67. The van der Waals surface area contributed by atoms with Gasteiger partial charge in [-0.1, -0.05) is 0 Å². The molecule has 1 heterocycles. The molecule has 0 radical (unpaired) electrons. The maximum atomic E-state index is 12.1. The van der Waals surface area contributed by atoms with E-state index in [1.807, 2.05) is 0 Å². The fourth-order valence-electron chi connectivity index (χ4n) is 1.22. The van der Waals surface area contributed by atoms with Crippen molar-refractivity contribution in [3.05, 3.63) is 43.2 Å². The minimum absolute atomic E-state index is 0.141. The summed E-state index contributed by atoms with van der Waals surface area (Å²) in [5, 5.41) is 0. The Bertz CT molecular complexity index is 707. The molecular weight excluding hydrogens is 513 g/mol. The van der Waals surface area contributed by atoms with E-state index in [0.717, 1.165) is 3.57 Å². The second-order valence-electron chi connectivity index (χ2n) is 3.39. The van der Waals surface area contributed by atoms with E-state index in [4.69, 9.17) is 0 Å². The Morgan fingerprint density at radius 1 is 1.16 bits per heavy atom. The van der Waals surface area contributed by atoms with Crippen LogP contribution in [-0.4, -0.2) is 18.4 Å². The van der Waals surface area contributed by atoms with Gasteiger partial charge in [-0.25, -0.2) is 18.4 Å². The number of sulfonamides is 1. The van der Waals surface area contributed by atoms with Crippen LogP contribution >= 0.6 is 54.5 Å². The second kappa shape index (κ2) is 6.02. The summed E-state index contributed by atoms with van der Waals surface area (Å²) in [5.41, 5.74) is 0. The minimum Gasteiger partial charge on any atom is -0.261 e. The monoisotopic (exact) mass is 517 g/mol. The molecule has 0 unspecified atom stereocenters. The van der Waals surface area contributed by atoms with Crippen LogP contribution in [0.4, 0.5) is 5.82 Å². The van der Waals surface area contributed by atoms with Crippen LogP contribution in [0.5, 0.6) is 0 Å². The number of aromatic nitrogens is 2. The average molecular weight is 519 g/mol.